The second-order valence-corrected chi connectivity index (χ2v) is 5.49. The summed E-state index contributed by atoms with van der Waals surface area (Å²) in [6.45, 7) is 7.62. The number of carbonyl (C=O) groups excluding carboxylic acids is 3. The molecule has 1 rings (SSSR count). The van der Waals surface area contributed by atoms with Gasteiger partial charge in [0.15, 0.2) is 0 Å². The maximum absolute atomic E-state index is 12.1. The number of amides is 2. The number of rotatable bonds is 7. The average molecular weight is 332 g/mol. The van der Waals surface area contributed by atoms with Crippen molar-refractivity contribution in [2.75, 3.05) is 18.5 Å². The predicted molar refractivity (Wildman–Crippen MR) is 92.8 cm³/mol. The second kappa shape index (κ2) is 9.50. The second-order valence-electron chi connectivity index (χ2n) is 5.49. The SMILES string of the molecule is C=C(C)C(=O)Oc1ccc(N(C)C(=O)C(=O)NCCCCC)cc1. The molecule has 0 heterocycles. The lowest BCUT2D eigenvalue weighted by molar-refractivity contribution is -0.137. The van der Waals surface area contributed by atoms with Crippen molar-refractivity contribution in [2.24, 2.45) is 0 Å². The fourth-order valence-electron chi connectivity index (χ4n) is 1.85. The van der Waals surface area contributed by atoms with Gasteiger partial charge < -0.3 is 15.0 Å². The minimum absolute atomic E-state index is 0.297. The summed E-state index contributed by atoms with van der Waals surface area (Å²) in [6, 6.07) is 6.31. The first-order valence-corrected chi connectivity index (χ1v) is 7.90. The van der Waals surface area contributed by atoms with Gasteiger partial charge >= 0.3 is 17.8 Å². The zero-order chi connectivity index (χ0) is 18.1. The molecule has 0 atom stereocenters. The number of hydrogen-bond acceptors (Lipinski definition) is 4. The van der Waals surface area contributed by atoms with Crippen LogP contribution in [0.5, 0.6) is 5.75 Å². The standard InChI is InChI=1S/C18H24N2O4/c1-5-6-7-12-19-16(21)17(22)20(4)14-8-10-15(11-9-14)24-18(23)13(2)3/h8-11H,2,5-7,12H2,1,3-4H3,(H,19,21). The molecule has 0 unspecified atom stereocenters. The van der Waals surface area contributed by atoms with E-state index >= 15 is 0 Å². The average Bonchev–Trinajstić information content (AvgIpc) is 2.57. The summed E-state index contributed by atoms with van der Waals surface area (Å²) in [5.74, 6) is -1.44. The van der Waals surface area contributed by atoms with Crippen LogP contribution >= 0.6 is 0 Å². The number of carbonyl (C=O) groups is 3. The molecule has 0 spiro atoms. The van der Waals surface area contributed by atoms with E-state index in [1.165, 1.54) is 11.9 Å². The van der Waals surface area contributed by atoms with Crippen molar-refractivity contribution in [2.45, 2.75) is 33.1 Å². The topological polar surface area (TPSA) is 75.7 Å². The number of esters is 1. The number of unbranched alkanes of at least 4 members (excludes halogenated alkanes) is 2. The van der Waals surface area contributed by atoms with Crippen molar-refractivity contribution in [3.63, 3.8) is 0 Å². The molecule has 24 heavy (non-hydrogen) atoms. The Balaban J connectivity index is 2.62. The van der Waals surface area contributed by atoms with Gasteiger partial charge in [-0.1, -0.05) is 26.3 Å². The van der Waals surface area contributed by atoms with Gasteiger partial charge in [0.1, 0.15) is 5.75 Å². The maximum atomic E-state index is 12.1. The van der Waals surface area contributed by atoms with Crippen LogP contribution in [-0.2, 0) is 14.4 Å². The summed E-state index contributed by atoms with van der Waals surface area (Å²) in [6.07, 6.45) is 2.91. The highest BCUT2D eigenvalue weighted by Crippen LogP contribution is 2.19. The van der Waals surface area contributed by atoms with Gasteiger partial charge in [-0.05, 0) is 37.6 Å². The van der Waals surface area contributed by atoms with Gasteiger partial charge in [0.05, 0.1) is 0 Å². The molecule has 0 radical (unpaired) electrons. The van der Waals surface area contributed by atoms with E-state index in [4.69, 9.17) is 4.74 Å². The number of ether oxygens (including phenoxy) is 1. The molecule has 130 valence electrons. The molecule has 0 aliphatic rings. The highest BCUT2D eigenvalue weighted by atomic mass is 16.5. The predicted octanol–water partition coefficient (Wildman–Crippen LogP) is 2.44. The van der Waals surface area contributed by atoms with Crippen LogP contribution in [0.3, 0.4) is 0 Å². The summed E-state index contributed by atoms with van der Waals surface area (Å²) < 4.78 is 5.07. The van der Waals surface area contributed by atoms with Crippen LogP contribution in [0.1, 0.15) is 33.1 Å². The third-order valence-corrected chi connectivity index (χ3v) is 3.35. The zero-order valence-electron chi connectivity index (χ0n) is 14.4. The van der Waals surface area contributed by atoms with Crippen LogP contribution in [0.15, 0.2) is 36.4 Å². The molecular formula is C18H24N2O4. The Morgan fingerprint density at radius 2 is 1.79 bits per heavy atom. The van der Waals surface area contributed by atoms with Crippen molar-refractivity contribution < 1.29 is 19.1 Å². The Hall–Kier alpha value is -2.63. The molecule has 0 aromatic heterocycles. The largest absolute Gasteiger partial charge is 0.423 e. The first-order valence-electron chi connectivity index (χ1n) is 7.90. The summed E-state index contributed by atoms with van der Waals surface area (Å²) in [5, 5.41) is 2.61. The summed E-state index contributed by atoms with van der Waals surface area (Å²) in [7, 11) is 1.52. The maximum Gasteiger partial charge on any atom is 0.338 e. The first-order chi connectivity index (χ1) is 11.4. The molecule has 0 saturated heterocycles. The van der Waals surface area contributed by atoms with Crippen LogP contribution in [0, 0.1) is 0 Å². The van der Waals surface area contributed by atoms with Gasteiger partial charge in [-0.15, -0.1) is 0 Å². The van der Waals surface area contributed by atoms with Gasteiger partial charge in [-0.3, -0.25) is 9.59 Å². The smallest absolute Gasteiger partial charge is 0.338 e. The number of anilines is 1. The van der Waals surface area contributed by atoms with E-state index in [9.17, 15) is 14.4 Å². The summed E-state index contributed by atoms with van der Waals surface area (Å²) >= 11 is 0. The minimum atomic E-state index is -0.641. The molecule has 1 N–H and O–H groups in total. The van der Waals surface area contributed by atoms with E-state index in [0.717, 1.165) is 19.3 Å². The van der Waals surface area contributed by atoms with Gasteiger partial charge in [0.25, 0.3) is 0 Å². The Morgan fingerprint density at radius 3 is 2.33 bits per heavy atom. The van der Waals surface area contributed by atoms with Crippen molar-refractivity contribution in [1.82, 2.24) is 5.32 Å². The monoisotopic (exact) mass is 332 g/mol. The van der Waals surface area contributed by atoms with E-state index in [2.05, 4.69) is 18.8 Å². The molecule has 0 aliphatic carbocycles. The lowest BCUT2D eigenvalue weighted by Gasteiger charge is -2.17. The van der Waals surface area contributed by atoms with Gasteiger partial charge in [0, 0.05) is 24.9 Å². The molecule has 0 bridgehead atoms. The highest BCUT2D eigenvalue weighted by Gasteiger charge is 2.19. The van der Waals surface area contributed by atoms with Crippen LogP contribution in [0.4, 0.5) is 5.69 Å². The number of nitrogens with zero attached hydrogens (tertiary/aromatic N) is 1. The molecule has 0 aliphatic heterocycles. The third kappa shape index (κ3) is 5.87. The fourth-order valence-corrected chi connectivity index (χ4v) is 1.85. The van der Waals surface area contributed by atoms with Crippen molar-refractivity contribution in [3.8, 4) is 5.75 Å². The van der Waals surface area contributed by atoms with Crippen LogP contribution in [-0.4, -0.2) is 31.4 Å². The van der Waals surface area contributed by atoms with E-state index < -0.39 is 17.8 Å². The molecule has 6 heteroatoms. The molecule has 6 nitrogen and oxygen atoms in total. The van der Waals surface area contributed by atoms with Crippen molar-refractivity contribution in [3.05, 3.63) is 36.4 Å². The lowest BCUT2D eigenvalue weighted by Crippen LogP contribution is -2.41. The Bertz CT molecular complexity index is 608. The van der Waals surface area contributed by atoms with E-state index in [1.54, 1.807) is 31.2 Å². The van der Waals surface area contributed by atoms with Crippen LogP contribution in [0.25, 0.3) is 0 Å². The molecular weight excluding hydrogens is 308 g/mol. The molecule has 0 fully saturated rings. The van der Waals surface area contributed by atoms with Gasteiger partial charge in [0.2, 0.25) is 0 Å². The Labute approximate surface area is 142 Å². The fraction of sp³-hybridized carbons (Fsp3) is 0.389. The van der Waals surface area contributed by atoms with Crippen LogP contribution < -0.4 is 15.0 Å². The van der Waals surface area contributed by atoms with Crippen molar-refractivity contribution >= 4 is 23.5 Å². The first kappa shape index (κ1) is 19.4. The molecule has 0 saturated carbocycles. The van der Waals surface area contributed by atoms with Gasteiger partial charge in [-0.2, -0.15) is 0 Å². The minimum Gasteiger partial charge on any atom is -0.423 e. The number of likely N-dealkylation sites (N-methyl/N-ethyl adjacent to an activating group) is 1. The summed E-state index contributed by atoms with van der Waals surface area (Å²) in [5.41, 5.74) is 0.824. The number of benzene rings is 1. The van der Waals surface area contributed by atoms with Crippen molar-refractivity contribution in [1.29, 1.82) is 0 Å². The molecule has 1 aromatic rings. The van der Waals surface area contributed by atoms with E-state index in [0.29, 0.717) is 23.6 Å². The summed E-state index contributed by atoms with van der Waals surface area (Å²) in [4.78, 5) is 36.6. The van der Waals surface area contributed by atoms with Gasteiger partial charge in [-0.25, -0.2) is 4.79 Å². The van der Waals surface area contributed by atoms with Crippen LogP contribution in [0.2, 0.25) is 0 Å². The number of hydrogen-bond donors (Lipinski definition) is 1. The highest BCUT2D eigenvalue weighted by molar-refractivity contribution is 6.40. The molecule has 2 amide bonds. The van der Waals surface area contributed by atoms with E-state index in [1.807, 2.05) is 0 Å². The third-order valence-electron chi connectivity index (χ3n) is 3.35. The van der Waals surface area contributed by atoms with E-state index in [-0.39, 0.29) is 0 Å². The lowest BCUT2D eigenvalue weighted by atomic mass is 10.2. The molecule has 1 aromatic carbocycles. The Kier molecular flexibility index (Phi) is 7.68. The normalized spacial score (nSPS) is 9.96. The quantitative estimate of drug-likeness (QED) is 0.274. The number of nitrogens with one attached hydrogen (secondary N) is 1. The Morgan fingerprint density at radius 1 is 1.17 bits per heavy atom. The zero-order valence-corrected chi connectivity index (χ0v) is 14.4.